The average Bonchev–Trinajstić information content (AvgIpc) is 3.10. The number of anilines is 2. The van der Waals surface area contributed by atoms with Crippen LogP contribution in [0.1, 0.15) is 84.0 Å². The molecule has 1 saturated carbocycles. The fraction of sp³-hybridized carbons (Fsp3) is 0.655. The van der Waals surface area contributed by atoms with Crippen LogP contribution in [-0.4, -0.2) is 51.4 Å². The van der Waals surface area contributed by atoms with Crippen LogP contribution in [0.4, 0.5) is 11.5 Å². The highest BCUT2D eigenvalue weighted by Gasteiger charge is 2.43. The number of phenols is 1. The van der Waals surface area contributed by atoms with Gasteiger partial charge in [-0.2, -0.15) is 0 Å². The fourth-order valence-electron chi connectivity index (χ4n) is 6.88. The number of nitrogens with two attached hydrogens (primary N) is 1. The van der Waals surface area contributed by atoms with E-state index in [-0.39, 0.29) is 5.75 Å². The second-order valence-electron chi connectivity index (χ2n) is 11.3. The average molecular weight is 478 g/mol. The Hall–Kier alpha value is -2.34. The van der Waals surface area contributed by atoms with Gasteiger partial charge >= 0.3 is 0 Å². The van der Waals surface area contributed by atoms with Gasteiger partial charge in [-0.05, 0) is 49.8 Å². The van der Waals surface area contributed by atoms with Crippen LogP contribution in [0.25, 0.3) is 11.3 Å². The molecule has 5 rings (SSSR count). The molecule has 6 heteroatoms. The SMILES string of the molecule is CC1CCCCCC(N2C3CCC2CN(c2cc(-c4ccccc4O)nnc2N)C3)CCCCC1. The minimum absolute atomic E-state index is 0.222. The molecule has 3 fully saturated rings. The van der Waals surface area contributed by atoms with Crippen molar-refractivity contribution in [2.75, 3.05) is 23.7 Å². The molecule has 2 aliphatic heterocycles. The molecule has 1 aromatic carbocycles. The van der Waals surface area contributed by atoms with E-state index < -0.39 is 0 Å². The predicted octanol–water partition coefficient (Wildman–Crippen LogP) is 6.00. The Balaban J connectivity index is 1.29. The highest BCUT2D eigenvalue weighted by atomic mass is 16.3. The molecule has 0 spiro atoms. The first kappa shape index (κ1) is 24.4. The Morgan fingerprint density at radius 2 is 1.43 bits per heavy atom. The summed E-state index contributed by atoms with van der Waals surface area (Å²) in [5.41, 5.74) is 8.68. The third-order valence-electron chi connectivity index (χ3n) is 8.75. The molecule has 3 aliphatic rings. The summed E-state index contributed by atoms with van der Waals surface area (Å²) in [5.74, 6) is 1.62. The summed E-state index contributed by atoms with van der Waals surface area (Å²) in [6.07, 6.45) is 16.5. The van der Waals surface area contributed by atoms with E-state index in [4.69, 9.17) is 5.73 Å². The van der Waals surface area contributed by atoms with E-state index in [0.29, 0.717) is 29.2 Å². The molecule has 2 saturated heterocycles. The van der Waals surface area contributed by atoms with Crippen molar-refractivity contribution in [3.8, 4) is 17.0 Å². The summed E-state index contributed by atoms with van der Waals surface area (Å²) >= 11 is 0. The van der Waals surface area contributed by atoms with Crippen LogP contribution in [0.2, 0.25) is 0 Å². The maximum absolute atomic E-state index is 10.3. The van der Waals surface area contributed by atoms with Crippen LogP contribution in [0.5, 0.6) is 5.75 Å². The van der Waals surface area contributed by atoms with Gasteiger partial charge in [-0.3, -0.25) is 4.90 Å². The van der Waals surface area contributed by atoms with Crippen molar-refractivity contribution in [3.05, 3.63) is 30.3 Å². The predicted molar refractivity (Wildman–Crippen MR) is 144 cm³/mol. The standard InChI is InChI=1S/C29H43N5O/c1-21-10-4-2-6-12-22(13-7-3-5-11-21)34-23-16-17-24(34)20-33(19-23)27-18-26(31-32-29(27)30)25-14-8-9-15-28(25)35/h8-9,14-15,18,21-24,35H,2-7,10-13,16-17,19-20H2,1H3,(H2,30,32). The van der Waals surface area contributed by atoms with Crippen LogP contribution >= 0.6 is 0 Å². The Kier molecular flexibility index (Phi) is 7.76. The van der Waals surface area contributed by atoms with Gasteiger partial charge in [0.2, 0.25) is 0 Å². The Labute approximate surface area is 210 Å². The molecule has 1 aromatic heterocycles. The Morgan fingerprint density at radius 3 is 2.09 bits per heavy atom. The number of nitrogen functional groups attached to an aromatic ring is 1. The lowest BCUT2D eigenvalue weighted by Crippen LogP contribution is -2.57. The van der Waals surface area contributed by atoms with Gasteiger partial charge in [0.25, 0.3) is 0 Å². The molecule has 2 unspecified atom stereocenters. The Bertz CT molecular complexity index is 953. The van der Waals surface area contributed by atoms with E-state index in [1.807, 2.05) is 24.3 Å². The molecule has 3 heterocycles. The van der Waals surface area contributed by atoms with Crippen molar-refractivity contribution < 1.29 is 5.11 Å². The maximum atomic E-state index is 10.3. The maximum Gasteiger partial charge on any atom is 0.169 e. The van der Waals surface area contributed by atoms with Crippen molar-refractivity contribution in [1.82, 2.24) is 15.1 Å². The second-order valence-corrected chi connectivity index (χ2v) is 11.3. The van der Waals surface area contributed by atoms with Crippen molar-refractivity contribution in [1.29, 1.82) is 0 Å². The summed E-state index contributed by atoms with van der Waals surface area (Å²) in [7, 11) is 0. The normalized spacial score (nSPS) is 28.9. The number of nitrogens with zero attached hydrogens (tertiary/aromatic N) is 4. The van der Waals surface area contributed by atoms with Crippen LogP contribution in [0.15, 0.2) is 30.3 Å². The summed E-state index contributed by atoms with van der Waals surface area (Å²) in [6, 6.07) is 11.2. The van der Waals surface area contributed by atoms with Gasteiger partial charge in [0.15, 0.2) is 5.82 Å². The van der Waals surface area contributed by atoms with Crippen molar-refractivity contribution in [2.45, 2.75) is 102 Å². The quantitative estimate of drug-likeness (QED) is 0.564. The highest BCUT2D eigenvalue weighted by molar-refractivity contribution is 5.74. The monoisotopic (exact) mass is 477 g/mol. The van der Waals surface area contributed by atoms with E-state index in [1.165, 1.54) is 77.0 Å². The van der Waals surface area contributed by atoms with Crippen LogP contribution in [-0.2, 0) is 0 Å². The van der Waals surface area contributed by atoms with E-state index in [0.717, 1.165) is 30.7 Å². The van der Waals surface area contributed by atoms with E-state index in [2.05, 4.69) is 26.9 Å². The summed E-state index contributed by atoms with van der Waals surface area (Å²) < 4.78 is 0. The summed E-state index contributed by atoms with van der Waals surface area (Å²) in [5, 5.41) is 18.9. The van der Waals surface area contributed by atoms with Crippen molar-refractivity contribution in [3.63, 3.8) is 0 Å². The lowest BCUT2D eigenvalue weighted by Gasteiger charge is -2.46. The molecule has 1 aliphatic carbocycles. The smallest absolute Gasteiger partial charge is 0.169 e. The summed E-state index contributed by atoms with van der Waals surface area (Å²) in [6.45, 7) is 4.45. The third-order valence-corrected chi connectivity index (χ3v) is 8.75. The zero-order chi connectivity index (χ0) is 24.2. The van der Waals surface area contributed by atoms with Crippen LogP contribution in [0, 0.1) is 5.92 Å². The number of hydrogen-bond donors (Lipinski definition) is 2. The van der Waals surface area contributed by atoms with Gasteiger partial charge < -0.3 is 15.7 Å². The zero-order valence-corrected chi connectivity index (χ0v) is 21.4. The lowest BCUT2D eigenvalue weighted by molar-refractivity contribution is 0.0939. The van der Waals surface area contributed by atoms with Gasteiger partial charge in [-0.15, -0.1) is 10.2 Å². The number of benzene rings is 1. The number of hydrogen-bond acceptors (Lipinski definition) is 6. The minimum atomic E-state index is 0.222. The number of para-hydroxylation sites is 1. The molecule has 6 nitrogen and oxygen atoms in total. The van der Waals surface area contributed by atoms with Gasteiger partial charge in [0, 0.05) is 36.8 Å². The largest absolute Gasteiger partial charge is 0.507 e. The molecular formula is C29H43N5O. The lowest BCUT2D eigenvalue weighted by atomic mass is 9.92. The topological polar surface area (TPSA) is 78.5 Å². The van der Waals surface area contributed by atoms with Crippen molar-refractivity contribution in [2.24, 2.45) is 5.92 Å². The molecule has 2 aromatic rings. The van der Waals surface area contributed by atoms with Gasteiger partial charge in [-0.1, -0.05) is 70.4 Å². The molecular weight excluding hydrogens is 434 g/mol. The van der Waals surface area contributed by atoms with Crippen LogP contribution in [0.3, 0.4) is 0 Å². The molecule has 0 radical (unpaired) electrons. The molecule has 0 amide bonds. The zero-order valence-electron chi connectivity index (χ0n) is 21.4. The van der Waals surface area contributed by atoms with E-state index in [9.17, 15) is 5.11 Å². The Morgan fingerprint density at radius 1 is 0.800 bits per heavy atom. The highest BCUT2D eigenvalue weighted by Crippen LogP contribution is 2.39. The fourth-order valence-corrected chi connectivity index (χ4v) is 6.88. The van der Waals surface area contributed by atoms with Gasteiger partial charge in [-0.25, -0.2) is 0 Å². The number of aromatic nitrogens is 2. The number of aromatic hydroxyl groups is 1. The third kappa shape index (κ3) is 5.58. The molecule has 2 atom stereocenters. The summed E-state index contributed by atoms with van der Waals surface area (Å²) in [4.78, 5) is 5.35. The number of rotatable bonds is 3. The number of piperazine rings is 1. The molecule has 190 valence electrons. The first-order chi connectivity index (χ1) is 17.1. The second kappa shape index (κ2) is 11.2. The number of fused-ring (bicyclic) bond motifs is 2. The first-order valence-electron chi connectivity index (χ1n) is 14.0. The van der Waals surface area contributed by atoms with Crippen molar-refractivity contribution >= 4 is 11.5 Å². The van der Waals surface area contributed by atoms with E-state index >= 15 is 0 Å². The van der Waals surface area contributed by atoms with Crippen LogP contribution < -0.4 is 10.6 Å². The minimum Gasteiger partial charge on any atom is -0.507 e. The molecule has 35 heavy (non-hydrogen) atoms. The van der Waals surface area contributed by atoms with E-state index in [1.54, 1.807) is 6.07 Å². The number of phenolic OH excluding ortho intramolecular Hbond substituents is 1. The molecule has 3 N–H and O–H groups in total. The van der Waals surface area contributed by atoms with Gasteiger partial charge in [0.05, 0.1) is 11.4 Å². The van der Waals surface area contributed by atoms with Gasteiger partial charge in [0.1, 0.15) is 5.75 Å². The first-order valence-corrected chi connectivity index (χ1v) is 14.0. The molecule has 2 bridgehead atoms.